The molecule has 0 spiro atoms. The second-order valence-electron chi connectivity index (χ2n) is 2.36. The highest BCUT2D eigenvalue weighted by atomic mass is 32.1. The van der Waals surface area contributed by atoms with Gasteiger partial charge in [0.15, 0.2) is 0 Å². The topological polar surface area (TPSA) is 54.0 Å². The van der Waals surface area contributed by atoms with Gasteiger partial charge in [-0.25, -0.2) is 9.78 Å². The molecule has 0 aliphatic heterocycles. The maximum atomic E-state index is 10.7. The molecule has 0 rings (SSSR count). The van der Waals surface area contributed by atoms with E-state index in [2.05, 4.69) is 26.7 Å². The molecular weight excluding hydrogens is 208 g/mol. The highest BCUT2D eigenvalue weighted by Gasteiger charge is 2.07. The summed E-state index contributed by atoms with van der Waals surface area (Å²) in [5.74, 6) is 0. The third kappa shape index (κ3) is 7.60. The van der Waals surface area contributed by atoms with Crippen molar-refractivity contribution in [2.75, 3.05) is 13.2 Å². The van der Waals surface area contributed by atoms with Crippen LogP contribution in [0.1, 0.15) is 26.7 Å². The normalized spacial score (nSPS) is 9.00. The molecule has 0 heterocycles. The lowest BCUT2D eigenvalue weighted by Gasteiger charge is -2.05. The number of rotatable bonds is 4. The van der Waals surface area contributed by atoms with Gasteiger partial charge in [0.05, 0.1) is 13.2 Å². The first-order chi connectivity index (χ1) is 6.70. The van der Waals surface area contributed by atoms with E-state index in [0.29, 0.717) is 13.0 Å². The van der Waals surface area contributed by atoms with E-state index >= 15 is 0 Å². The minimum atomic E-state index is -0.922. The number of hydrogen-bond donors (Lipinski definition) is 0. The van der Waals surface area contributed by atoms with E-state index in [-0.39, 0.29) is 11.8 Å². The lowest BCUT2D eigenvalue weighted by molar-refractivity contribution is -0.195. The number of hydrogen-bond acceptors (Lipinski definition) is 6. The molecule has 0 amide bonds. The Morgan fingerprint density at radius 2 is 1.64 bits per heavy atom. The Bertz CT molecular complexity index is 163. The molecule has 0 N–H and O–H groups in total. The zero-order valence-electron chi connectivity index (χ0n) is 8.28. The van der Waals surface area contributed by atoms with Crippen LogP contribution in [0.3, 0.4) is 0 Å². The predicted octanol–water partition coefficient (Wildman–Crippen LogP) is 2.19. The van der Waals surface area contributed by atoms with Crippen LogP contribution in [-0.2, 0) is 19.2 Å². The van der Waals surface area contributed by atoms with Gasteiger partial charge in [-0.2, -0.15) is 4.79 Å². The van der Waals surface area contributed by atoms with Crippen molar-refractivity contribution in [1.82, 2.24) is 0 Å². The van der Waals surface area contributed by atoms with Crippen LogP contribution in [0.5, 0.6) is 0 Å². The summed E-state index contributed by atoms with van der Waals surface area (Å²) < 4.78 is 9.37. The van der Waals surface area contributed by atoms with Crippen LogP contribution >= 0.6 is 12.2 Å². The van der Waals surface area contributed by atoms with Gasteiger partial charge in [-0.15, -0.1) is 0 Å². The molecule has 0 fully saturated rings. The van der Waals surface area contributed by atoms with Gasteiger partial charge in [0.2, 0.25) is 0 Å². The predicted molar refractivity (Wildman–Crippen MR) is 52.7 cm³/mol. The van der Waals surface area contributed by atoms with Crippen molar-refractivity contribution in [1.29, 1.82) is 0 Å². The maximum Gasteiger partial charge on any atom is 0.549 e. The molecule has 0 aliphatic carbocycles. The van der Waals surface area contributed by atoms with Crippen molar-refractivity contribution in [2.24, 2.45) is 0 Å². The SMILES string of the molecule is CCCOC(=O)OOC(=S)OCCC. The van der Waals surface area contributed by atoms with Crippen molar-refractivity contribution in [3.63, 3.8) is 0 Å². The van der Waals surface area contributed by atoms with E-state index < -0.39 is 6.16 Å². The minimum absolute atomic E-state index is 0.222. The largest absolute Gasteiger partial charge is 0.549 e. The summed E-state index contributed by atoms with van der Waals surface area (Å²) in [4.78, 5) is 19.2. The molecule has 82 valence electrons. The van der Waals surface area contributed by atoms with Crippen molar-refractivity contribution in [3.05, 3.63) is 0 Å². The van der Waals surface area contributed by atoms with Gasteiger partial charge in [-0.3, -0.25) is 0 Å². The summed E-state index contributed by atoms with van der Waals surface area (Å²) in [5, 5.41) is -0.222. The fraction of sp³-hybridized carbons (Fsp3) is 0.750. The first kappa shape index (κ1) is 13.0. The lowest BCUT2D eigenvalue weighted by Crippen LogP contribution is -2.14. The van der Waals surface area contributed by atoms with Gasteiger partial charge in [-0.05, 0) is 12.8 Å². The first-order valence-corrected chi connectivity index (χ1v) is 4.79. The molecule has 6 heteroatoms. The zero-order valence-corrected chi connectivity index (χ0v) is 9.09. The van der Waals surface area contributed by atoms with E-state index in [1.54, 1.807) is 0 Å². The van der Waals surface area contributed by atoms with Crippen LogP contribution in [0.2, 0.25) is 0 Å². The quantitative estimate of drug-likeness (QED) is 0.314. The second kappa shape index (κ2) is 8.55. The molecule has 0 radical (unpaired) electrons. The van der Waals surface area contributed by atoms with Gasteiger partial charge in [0.1, 0.15) is 0 Å². The Hall–Kier alpha value is -1.04. The molecule has 5 nitrogen and oxygen atoms in total. The highest BCUT2D eigenvalue weighted by molar-refractivity contribution is 7.79. The van der Waals surface area contributed by atoms with Crippen molar-refractivity contribution >= 4 is 23.6 Å². The van der Waals surface area contributed by atoms with E-state index in [0.717, 1.165) is 6.42 Å². The summed E-state index contributed by atoms with van der Waals surface area (Å²) in [6, 6.07) is 0. The molecular formula is C8H14O5S. The van der Waals surface area contributed by atoms with Crippen molar-refractivity contribution in [3.8, 4) is 0 Å². The molecule has 0 aromatic heterocycles. The molecule has 14 heavy (non-hydrogen) atoms. The van der Waals surface area contributed by atoms with Crippen LogP contribution in [-0.4, -0.2) is 24.6 Å². The zero-order chi connectivity index (χ0) is 10.8. The molecule has 0 saturated heterocycles. The third-order valence-electron chi connectivity index (χ3n) is 1.03. The monoisotopic (exact) mass is 222 g/mol. The molecule has 0 atom stereocenters. The summed E-state index contributed by atoms with van der Waals surface area (Å²) in [7, 11) is 0. The van der Waals surface area contributed by atoms with E-state index in [9.17, 15) is 4.79 Å². The Labute approximate surface area is 88.2 Å². The summed E-state index contributed by atoms with van der Waals surface area (Å²) in [5.41, 5.74) is 0. The van der Waals surface area contributed by atoms with Crippen molar-refractivity contribution < 1.29 is 24.0 Å². The Kier molecular flexibility index (Phi) is 7.92. The van der Waals surface area contributed by atoms with Gasteiger partial charge in [0.25, 0.3) is 0 Å². The standard InChI is InChI=1S/C8H14O5S/c1-3-5-10-7(9)12-13-8(14)11-6-4-2/h3-6H2,1-2H3. The molecule has 0 saturated carbocycles. The van der Waals surface area contributed by atoms with Crippen LogP contribution in [0.15, 0.2) is 0 Å². The first-order valence-electron chi connectivity index (χ1n) is 4.38. The minimum Gasteiger partial charge on any atom is -0.454 e. The molecule has 0 aromatic carbocycles. The average Bonchev–Trinajstić information content (AvgIpc) is 2.20. The Balaban J connectivity index is 3.41. The fourth-order valence-corrected chi connectivity index (χ4v) is 0.604. The molecule has 0 unspecified atom stereocenters. The smallest absolute Gasteiger partial charge is 0.454 e. The maximum absolute atomic E-state index is 10.7. The Morgan fingerprint density at radius 1 is 1.07 bits per heavy atom. The lowest BCUT2D eigenvalue weighted by atomic mass is 10.5. The van der Waals surface area contributed by atoms with Gasteiger partial charge >= 0.3 is 11.4 Å². The average molecular weight is 222 g/mol. The van der Waals surface area contributed by atoms with Crippen LogP contribution < -0.4 is 0 Å². The molecule has 0 aromatic rings. The summed E-state index contributed by atoms with van der Waals surface area (Å²) in [6.07, 6.45) is 0.588. The second-order valence-corrected chi connectivity index (χ2v) is 2.70. The third-order valence-corrected chi connectivity index (χ3v) is 1.21. The number of carbonyl (C=O) groups is 1. The fourth-order valence-electron chi connectivity index (χ4n) is 0.487. The van der Waals surface area contributed by atoms with E-state index in [1.165, 1.54) is 0 Å². The Morgan fingerprint density at radius 3 is 2.21 bits per heavy atom. The van der Waals surface area contributed by atoms with Gasteiger partial charge < -0.3 is 9.47 Å². The summed E-state index contributed by atoms with van der Waals surface area (Å²) >= 11 is 4.57. The van der Waals surface area contributed by atoms with E-state index in [4.69, 9.17) is 4.74 Å². The summed E-state index contributed by atoms with van der Waals surface area (Å²) in [6.45, 7) is 4.49. The van der Waals surface area contributed by atoms with Crippen LogP contribution in [0, 0.1) is 0 Å². The number of carbonyl (C=O) groups excluding carboxylic acids is 1. The highest BCUT2D eigenvalue weighted by Crippen LogP contribution is 1.93. The van der Waals surface area contributed by atoms with Crippen molar-refractivity contribution in [2.45, 2.75) is 26.7 Å². The van der Waals surface area contributed by atoms with Crippen LogP contribution in [0.25, 0.3) is 0 Å². The van der Waals surface area contributed by atoms with E-state index in [1.807, 2.05) is 13.8 Å². The number of ether oxygens (including phenoxy) is 2. The van der Waals surface area contributed by atoms with Gasteiger partial charge in [-0.1, -0.05) is 13.8 Å². The molecule has 0 bridgehead atoms. The van der Waals surface area contributed by atoms with Crippen LogP contribution in [0.4, 0.5) is 4.79 Å². The number of thiocarbonyl (C=S) groups is 1. The molecule has 0 aliphatic rings. The van der Waals surface area contributed by atoms with Gasteiger partial charge in [0, 0.05) is 12.2 Å².